The molecular formula is C12H10FNO2S. The fraction of sp³-hybridized carbons (Fsp3) is 0.167. The van der Waals surface area contributed by atoms with Crippen LogP contribution in [-0.2, 0) is 0 Å². The molecule has 1 aromatic carbocycles. The highest BCUT2D eigenvalue weighted by Crippen LogP contribution is 2.20. The van der Waals surface area contributed by atoms with Crippen LogP contribution in [0.4, 0.5) is 4.39 Å². The maximum atomic E-state index is 13.4. The van der Waals surface area contributed by atoms with Gasteiger partial charge < -0.3 is 4.74 Å². The molecule has 5 heteroatoms. The van der Waals surface area contributed by atoms with Crippen molar-refractivity contribution in [3.63, 3.8) is 0 Å². The minimum absolute atomic E-state index is 0.0688. The number of hydrogen-bond donors (Lipinski definition) is 0. The molecule has 0 saturated heterocycles. The van der Waals surface area contributed by atoms with Gasteiger partial charge in [-0.05, 0) is 31.5 Å². The van der Waals surface area contributed by atoms with Crippen molar-refractivity contribution in [1.29, 1.82) is 0 Å². The lowest BCUT2D eigenvalue weighted by atomic mass is 10.2. The lowest BCUT2D eigenvalue weighted by molar-refractivity contribution is 0.0722. The minimum Gasteiger partial charge on any atom is -0.419 e. The monoisotopic (exact) mass is 251 g/mol. The predicted octanol–water partition coefficient (Wildman–Crippen LogP) is 3.12. The third-order valence-corrected chi connectivity index (χ3v) is 2.89. The van der Waals surface area contributed by atoms with Crippen molar-refractivity contribution < 1.29 is 13.9 Å². The van der Waals surface area contributed by atoms with E-state index in [2.05, 4.69) is 4.98 Å². The molecule has 17 heavy (non-hydrogen) atoms. The molecule has 0 N–H and O–H groups in total. The topological polar surface area (TPSA) is 39.2 Å². The molecule has 1 heterocycles. The zero-order valence-corrected chi connectivity index (χ0v) is 10.2. The van der Waals surface area contributed by atoms with E-state index in [1.807, 2.05) is 0 Å². The highest BCUT2D eigenvalue weighted by atomic mass is 32.1. The Morgan fingerprint density at radius 1 is 1.41 bits per heavy atom. The molecule has 0 radical (unpaired) electrons. The summed E-state index contributed by atoms with van der Waals surface area (Å²) in [5, 5.41) is 2.35. The van der Waals surface area contributed by atoms with Crippen LogP contribution in [0.5, 0.6) is 5.75 Å². The number of aryl methyl sites for hydroxylation is 2. The summed E-state index contributed by atoms with van der Waals surface area (Å²) >= 11 is 1.34. The lowest BCUT2D eigenvalue weighted by Crippen LogP contribution is -2.10. The molecule has 0 aliphatic heterocycles. The van der Waals surface area contributed by atoms with E-state index in [-0.39, 0.29) is 11.4 Å². The number of benzene rings is 1. The summed E-state index contributed by atoms with van der Waals surface area (Å²) in [6.07, 6.45) is 0. The summed E-state index contributed by atoms with van der Waals surface area (Å²) in [6, 6.07) is 4.36. The number of thiazole rings is 1. The molecule has 0 aliphatic carbocycles. The van der Waals surface area contributed by atoms with Gasteiger partial charge in [0.25, 0.3) is 0 Å². The number of hydrogen-bond acceptors (Lipinski definition) is 4. The van der Waals surface area contributed by atoms with E-state index < -0.39 is 11.8 Å². The average Bonchev–Trinajstić information content (AvgIpc) is 2.70. The third kappa shape index (κ3) is 2.68. The Morgan fingerprint density at radius 2 is 2.18 bits per heavy atom. The SMILES string of the molecule is Cc1ccc(F)c(OC(=O)c2csc(C)n2)c1. The fourth-order valence-electron chi connectivity index (χ4n) is 1.30. The zero-order chi connectivity index (χ0) is 12.4. The van der Waals surface area contributed by atoms with Crippen LogP contribution in [0.1, 0.15) is 21.1 Å². The highest BCUT2D eigenvalue weighted by Gasteiger charge is 2.14. The molecular weight excluding hydrogens is 241 g/mol. The van der Waals surface area contributed by atoms with Crippen molar-refractivity contribution in [3.8, 4) is 5.75 Å². The maximum Gasteiger partial charge on any atom is 0.363 e. The third-order valence-electron chi connectivity index (χ3n) is 2.12. The second kappa shape index (κ2) is 4.63. The van der Waals surface area contributed by atoms with Crippen molar-refractivity contribution in [1.82, 2.24) is 4.98 Å². The van der Waals surface area contributed by atoms with Gasteiger partial charge in [0, 0.05) is 5.38 Å². The van der Waals surface area contributed by atoms with E-state index in [1.54, 1.807) is 25.3 Å². The van der Waals surface area contributed by atoms with Gasteiger partial charge in [-0.2, -0.15) is 0 Å². The highest BCUT2D eigenvalue weighted by molar-refractivity contribution is 7.09. The van der Waals surface area contributed by atoms with Gasteiger partial charge in [-0.15, -0.1) is 11.3 Å². The predicted molar refractivity (Wildman–Crippen MR) is 62.9 cm³/mol. The van der Waals surface area contributed by atoms with Crippen LogP contribution in [0.2, 0.25) is 0 Å². The van der Waals surface area contributed by atoms with Crippen molar-refractivity contribution >= 4 is 17.3 Å². The number of ether oxygens (including phenoxy) is 1. The van der Waals surface area contributed by atoms with Crippen molar-refractivity contribution in [2.24, 2.45) is 0 Å². The van der Waals surface area contributed by atoms with Crippen LogP contribution in [0.25, 0.3) is 0 Å². The molecule has 0 bridgehead atoms. The van der Waals surface area contributed by atoms with Crippen LogP contribution >= 0.6 is 11.3 Å². The fourth-order valence-corrected chi connectivity index (χ4v) is 1.88. The first-order valence-corrected chi connectivity index (χ1v) is 5.84. The number of carbonyl (C=O) groups is 1. The van der Waals surface area contributed by atoms with Crippen LogP contribution in [0, 0.1) is 19.7 Å². The molecule has 0 atom stereocenters. The van der Waals surface area contributed by atoms with E-state index >= 15 is 0 Å². The Kier molecular flexibility index (Phi) is 3.19. The van der Waals surface area contributed by atoms with Gasteiger partial charge in [-0.25, -0.2) is 14.2 Å². The molecule has 2 rings (SSSR count). The smallest absolute Gasteiger partial charge is 0.363 e. The van der Waals surface area contributed by atoms with Gasteiger partial charge in [0.1, 0.15) is 0 Å². The Labute approximate surface area is 102 Å². The molecule has 3 nitrogen and oxygen atoms in total. The first kappa shape index (κ1) is 11.7. The van der Waals surface area contributed by atoms with Crippen LogP contribution in [-0.4, -0.2) is 11.0 Å². The van der Waals surface area contributed by atoms with E-state index in [9.17, 15) is 9.18 Å². The van der Waals surface area contributed by atoms with E-state index in [1.165, 1.54) is 23.5 Å². The lowest BCUT2D eigenvalue weighted by Gasteiger charge is -2.04. The molecule has 0 fully saturated rings. The standard InChI is InChI=1S/C12H10FNO2S/c1-7-3-4-9(13)11(5-7)16-12(15)10-6-17-8(2)14-10/h3-6H,1-2H3. The Hall–Kier alpha value is -1.75. The largest absolute Gasteiger partial charge is 0.419 e. The molecule has 1 aromatic heterocycles. The van der Waals surface area contributed by atoms with E-state index in [4.69, 9.17) is 4.74 Å². The summed E-state index contributed by atoms with van der Waals surface area (Å²) in [7, 11) is 0. The van der Waals surface area contributed by atoms with E-state index in [0.29, 0.717) is 0 Å². The van der Waals surface area contributed by atoms with Gasteiger partial charge in [-0.1, -0.05) is 6.07 Å². The second-order valence-electron chi connectivity index (χ2n) is 3.58. The Bertz CT molecular complexity index is 565. The second-order valence-corrected chi connectivity index (χ2v) is 4.64. The Balaban J connectivity index is 2.21. The maximum absolute atomic E-state index is 13.4. The molecule has 0 amide bonds. The van der Waals surface area contributed by atoms with Crippen LogP contribution < -0.4 is 4.74 Å². The number of rotatable bonds is 2. The summed E-state index contributed by atoms with van der Waals surface area (Å²) in [5.41, 5.74) is 1.03. The summed E-state index contributed by atoms with van der Waals surface area (Å²) < 4.78 is 18.3. The average molecular weight is 251 g/mol. The van der Waals surface area contributed by atoms with Crippen molar-refractivity contribution in [2.45, 2.75) is 13.8 Å². The first-order valence-electron chi connectivity index (χ1n) is 4.97. The summed E-state index contributed by atoms with van der Waals surface area (Å²) in [6.45, 7) is 3.58. The number of esters is 1. The number of aromatic nitrogens is 1. The van der Waals surface area contributed by atoms with E-state index in [0.717, 1.165) is 10.6 Å². The van der Waals surface area contributed by atoms with Crippen molar-refractivity contribution in [2.75, 3.05) is 0 Å². The number of halogens is 1. The van der Waals surface area contributed by atoms with Gasteiger partial charge >= 0.3 is 5.97 Å². The molecule has 0 saturated carbocycles. The van der Waals surface area contributed by atoms with Gasteiger partial charge in [0.2, 0.25) is 0 Å². The number of nitrogens with zero attached hydrogens (tertiary/aromatic N) is 1. The molecule has 88 valence electrons. The number of carbonyl (C=O) groups excluding carboxylic acids is 1. The molecule has 0 unspecified atom stereocenters. The normalized spacial score (nSPS) is 10.3. The Morgan fingerprint density at radius 3 is 2.82 bits per heavy atom. The summed E-state index contributed by atoms with van der Waals surface area (Å²) in [5.74, 6) is -1.27. The molecule has 0 spiro atoms. The van der Waals surface area contributed by atoms with Gasteiger partial charge in [-0.3, -0.25) is 0 Å². The summed E-state index contributed by atoms with van der Waals surface area (Å²) in [4.78, 5) is 15.6. The quantitative estimate of drug-likeness (QED) is 0.608. The minimum atomic E-state index is -0.640. The van der Waals surface area contributed by atoms with Crippen molar-refractivity contribution in [3.05, 3.63) is 45.7 Å². The van der Waals surface area contributed by atoms with Crippen LogP contribution in [0.15, 0.2) is 23.6 Å². The van der Waals surface area contributed by atoms with Crippen LogP contribution in [0.3, 0.4) is 0 Å². The molecule has 2 aromatic rings. The first-order chi connectivity index (χ1) is 8.06. The van der Waals surface area contributed by atoms with Gasteiger partial charge in [0.15, 0.2) is 17.3 Å². The molecule has 0 aliphatic rings. The zero-order valence-electron chi connectivity index (χ0n) is 9.36. The van der Waals surface area contributed by atoms with Gasteiger partial charge in [0.05, 0.1) is 5.01 Å².